The normalized spacial score (nSPS) is 17.3. The van der Waals surface area contributed by atoms with E-state index in [0.29, 0.717) is 17.9 Å². The summed E-state index contributed by atoms with van der Waals surface area (Å²) in [4.78, 5) is 24.6. The van der Waals surface area contributed by atoms with Crippen molar-refractivity contribution in [2.75, 3.05) is 19.8 Å². The molecule has 0 radical (unpaired) electrons. The average Bonchev–Trinajstić information content (AvgIpc) is 3.03. The molecule has 0 aromatic heterocycles. The first kappa shape index (κ1) is 17.3. The number of ether oxygens (including phenoxy) is 2. The van der Waals surface area contributed by atoms with Gasteiger partial charge in [-0.1, -0.05) is 0 Å². The fourth-order valence-electron chi connectivity index (χ4n) is 2.46. The van der Waals surface area contributed by atoms with Gasteiger partial charge in [0.15, 0.2) is 0 Å². The van der Waals surface area contributed by atoms with Crippen molar-refractivity contribution in [3.8, 4) is 5.75 Å². The van der Waals surface area contributed by atoms with Gasteiger partial charge in [0.1, 0.15) is 18.9 Å². The van der Waals surface area contributed by atoms with Crippen LogP contribution in [0.3, 0.4) is 0 Å². The van der Waals surface area contributed by atoms with E-state index < -0.39 is 5.97 Å². The molecule has 6 nitrogen and oxygen atoms in total. The Labute approximate surface area is 136 Å². The lowest BCUT2D eigenvalue weighted by Gasteiger charge is -2.25. The van der Waals surface area contributed by atoms with Crippen LogP contribution in [0.25, 0.3) is 0 Å². The minimum atomic E-state index is -1.02. The number of aliphatic carboxylic acids is 1. The number of hydrogen-bond donors (Lipinski definition) is 1. The first-order chi connectivity index (χ1) is 11.0. The molecular formula is C17H23NO5. The molecule has 1 heterocycles. The van der Waals surface area contributed by atoms with Crippen molar-refractivity contribution < 1.29 is 24.2 Å². The molecule has 1 N–H and O–H groups in total. The van der Waals surface area contributed by atoms with E-state index in [0.717, 1.165) is 19.4 Å². The van der Waals surface area contributed by atoms with E-state index in [1.165, 1.54) is 4.90 Å². The predicted octanol–water partition coefficient (Wildman–Crippen LogP) is 2.18. The number of carbonyl (C=O) groups is 2. The topological polar surface area (TPSA) is 76.1 Å². The van der Waals surface area contributed by atoms with Crippen LogP contribution in [-0.4, -0.2) is 53.8 Å². The fraction of sp³-hybridized carbons (Fsp3) is 0.529. The van der Waals surface area contributed by atoms with Crippen molar-refractivity contribution in [2.24, 2.45) is 0 Å². The maximum Gasteiger partial charge on any atom is 0.323 e. The molecule has 1 atom stereocenters. The molecule has 1 saturated heterocycles. The maximum absolute atomic E-state index is 12.4. The minimum Gasteiger partial charge on any atom is -0.491 e. The zero-order valence-corrected chi connectivity index (χ0v) is 13.5. The highest BCUT2D eigenvalue weighted by atomic mass is 16.5. The molecule has 0 spiro atoms. The van der Waals surface area contributed by atoms with E-state index in [9.17, 15) is 9.59 Å². The van der Waals surface area contributed by atoms with Crippen molar-refractivity contribution in [1.29, 1.82) is 0 Å². The van der Waals surface area contributed by atoms with Gasteiger partial charge in [-0.2, -0.15) is 0 Å². The summed E-state index contributed by atoms with van der Waals surface area (Å²) in [6.45, 7) is 4.56. The van der Waals surface area contributed by atoms with E-state index in [-0.39, 0.29) is 24.6 Å². The van der Waals surface area contributed by atoms with Crippen LogP contribution in [0.2, 0.25) is 0 Å². The van der Waals surface area contributed by atoms with Gasteiger partial charge in [-0.3, -0.25) is 9.59 Å². The molecule has 126 valence electrons. The van der Waals surface area contributed by atoms with E-state index in [1.54, 1.807) is 38.1 Å². The van der Waals surface area contributed by atoms with Gasteiger partial charge in [-0.15, -0.1) is 0 Å². The molecule has 1 fully saturated rings. The van der Waals surface area contributed by atoms with E-state index in [4.69, 9.17) is 14.6 Å². The largest absolute Gasteiger partial charge is 0.491 e. The van der Waals surface area contributed by atoms with Crippen LogP contribution in [0.5, 0.6) is 5.75 Å². The molecule has 6 heteroatoms. The zero-order valence-electron chi connectivity index (χ0n) is 13.5. The number of nitrogens with zero attached hydrogens (tertiary/aromatic N) is 1. The summed E-state index contributed by atoms with van der Waals surface area (Å²) >= 11 is 0. The number of hydrogen-bond acceptors (Lipinski definition) is 4. The quantitative estimate of drug-likeness (QED) is 0.833. The second-order valence-electron chi connectivity index (χ2n) is 5.89. The lowest BCUT2D eigenvalue weighted by atomic mass is 10.1. The number of amides is 1. The summed E-state index contributed by atoms with van der Waals surface area (Å²) in [6.07, 6.45) is 2.22. The second-order valence-corrected chi connectivity index (χ2v) is 5.89. The van der Waals surface area contributed by atoms with E-state index >= 15 is 0 Å². The van der Waals surface area contributed by atoms with Crippen LogP contribution < -0.4 is 4.74 Å². The third-order valence-corrected chi connectivity index (χ3v) is 3.75. The molecule has 1 aromatic carbocycles. The Morgan fingerprint density at radius 2 is 2.04 bits per heavy atom. The molecule has 1 aliphatic rings. The maximum atomic E-state index is 12.4. The first-order valence-corrected chi connectivity index (χ1v) is 7.84. The van der Waals surface area contributed by atoms with Crippen molar-refractivity contribution >= 4 is 11.9 Å². The van der Waals surface area contributed by atoms with E-state index in [2.05, 4.69) is 0 Å². The fourth-order valence-corrected chi connectivity index (χ4v) is 2.46. The number of rotatable bonds is 7. The van der Waals surface area contributed by atoms with Gasteiger partial charge in [0.25, 0.3) is 5.91 Å². The molecule has 1 aliphatic heterocycles. The molecular weight excluding hydrogens is 298 g/mol. The van der Waals surface area contributed by atoms with Crippen LogP contribution in [-0.2, 0) is 9.53 Å². The minimum absolute atomic E-state index is 0.142. The Kier molecular flexibility index (Phi) is 5.98. The summed E-state index contributed by atoms with van der Waals surface area (Å²) in [5, 5.41) is 8.92. The molecule has 2 rings (SSSR count). The smallest absolute Gasteiger partial charge is 0.323 e. The predicted molar refractivity (Wildman–Crippen MR) is 84.7 cm³/mol. The van der Waals surface area contributed by atoms with Crippen LogP contribution in [0.1, 0.15) is 37.0 Å². The van der Waals surface area contributed by atoms with Gasteiger partial charge in [0.2, 0.25) is 0 Å². The Hall–Kier alpha value is -2.08. The van der Waals surface area contributed by atoms with Gasteiger partial charge in [-0.05, 0) is 51.0 Å². The van der Waals surface area contributed by atoms with Gasteiger partial charge in [0.05, 0.1) is 6.10 Å². The highest BCUT2D eigenvalue weighted by molar-refractivity contribution is 5.96. The lowest BCUT2D eigenvalue weighted by Crippen LogP contribution is -2.40. The molecule has 23 heavy (non-hydrogen) atoms. The first-order valence-electron chi connectivity index (χ1n) is 7.84. The highest BCUT2D eigenvalue weighted by Crippen LogP contribution is 2.18. The monoisotopic (exact) mass is 321 g/mol. The van der Waals surface area contributed by atoms with Crippen LogP contribution in [0.4, 0.5) is 0 Å². The van der Waals surface area contributed by atoms with Crippen molar-refractivity contribution in [3.63, 3.8) is 0 Å². The third kappa shape index (κ3) is 4.96. The molecule has 1 amide bonds. The Balaban J connectivity index is 1.96. The average molecular weight is 321 g/mol. The second kappa shape index (κ2) is 7.97. The molecule has 0 aliphatic carbocycles. The summed E-state index contributed by atoms with van der Waals surface area (Å²) in [6, 6.07) is 6.58. The Morgan fingerprint density at radius 3 is 2.57 bits per heavy atom. The molecule has 0 saturated carbocycles. The molecule has 1 aromatic rings. The summed E-state index contributed by atoms with van der Waals surface area (Å²) < 4.78 is 11.1. The van der Waals surface area contributed by atoms with Gasteiger partial charge in [-0.25, -0.2) is 0 Å². The Morgan fingerprint density at radius 1 is 1.35 bits per heavy atom. The van der Waals surface area contributed by atoms with Crippen molar-refractivity contribution in [2.45, 2.75) is 38.8 Å². The summed E-state index contributed by atoms with van der Waals surface area (Å²) in [7, 11) is 0. The molecule has 0 bridgehead atoms. The number of carboxylic acid groups (broad SMARTS) is 1. The van der Waals surface area contributed by atoms with Crippen molar-refractivity contribution in [3.05, 3.63) is 29.8 Å². The summed E-state index contributed by atoms with van der Waals surface area (Å²) in [5.41, 5.74) is 0.449. The van der Waals surface area contributed by atoms with Crippen molar-refractivity contribution in [1.82, 2.24) is 4.90 Å². The van der Waals surface area contributed by atoms with Crippen LogP contribution in [0.15, 0.2) is 24.3 Å². The SMILES string of the molecule is CC(C)N(CC(=O)O)C(=O)c1ccc(OCC2CCCO2)cc1. The third-order valence-electron chi connectivity index (χ3n) is 3.75. The van der Waals surface area contributed by atoms with E-state index in [1.807, 2.05) is 0 Å². The Bertz CT molecular complexity index is 534. The van der Waals surface area contributed by atoms with Gasteiger partial charge < -0.3 is 19.5 Å². The van der Waals surface area contributed by atoms with Crippen LogP contribution >= 0.6 is 0 Å². The number of benzene rings is 1. The lowest BCUT2D eigenvalue weighted by molar-refractivity contribution is -0.138. The molecule has 1 unspecified atom stereocenters. The van der Waals surface area contributed by atoms with Gasteiger partial charge >= 0.3 is 5.97 Å². The van der Waals surface area contributed by atoms with Crippen LogP contribution in [0, 0.1) is 0 Å². The standard InChI is InChI=1S/C17H23NO5/c1-12(2)18(10-16(19)20)17(21)13-5-7-14(8-6-13)23-11-15-4-3-9-22-15/h5-8,12,15H,3-4,9-11H2,1-2H3,(H,19,20). The summed E-state index contributed by atoms with van der Waals surface area (Å²) in [5.74, 6) is -0.650. The number of carbonyl (C=O) groups excluding carboxylic acids is 1. The number of carboxylic acids is 1. The highest BCUT2D eigenvalue weighted by Gasteiger charge is 2.21. The zero-order chi connectivity index (χ0) is 16.8. The van der Waals surface area contributed by atoms with Gasteiger partial charge in [0, 0.05) is 18.2 Å².